The largest absolute Gasteiger partial charge is 0.387 e. The lowest BCUT2D eigenvalue weighted by Gasteiger charge is -2.11. The highest BCUT2D eigenvalue weighted by Crippen LogP contribution is 2.26. The first-order valence-electron chi connectivity index (χ1n) is 6.84. The van der Waals surface area contributed by atoms with Crippen LogP contribution in [0.4, 0.5) is 4.39 Å². The molecule has 0 amide bonds. The summed E-state index contributed by atoms with van der Waals surface area (Å²) in [6.45, 7) is 1.07. The first-order valence-corrected chi connectivity index (χ1v) is 8.60. The van der Waals surface area contributed by atoms with Gasteiger partial charge in [-0.1, -0.05) is 12.1 Å². The molecule has 0 bridgehead atoms. The molecule has 3 nitrogen and oxygen atoms in total. The van der Waals surface area contributed by atoms with Gasteiger partial charge in [0.15, 0.2) is 0 Å². The number of thiazole rings is 1. The molecule has 6 heteroatoms. The van der Waals surface area contributed by atoms with E-state index in [1.54, 1.807) is 34.8 Å². The molecule has 0 radical (unpaired) electrons. The smallest absolute Gasteiger partial charge is 0.124 e. The van der Waals surface area contributed by atoms with Crippen LogP contribution in [0.15, 0.2) is 47.3 Å². The second kappa shape index (κ2) is 7.11. The van der Waals surface area contributed by atoms with Crippen LogP contribution in [0.1, 0.15) is 16.5 Å². The highest BCUT2D eigenvalue weighted by molar-refractivity contribution is 7.15. The van der Waals surface area contributed by atoms with Crippen molar-refractivity contribution in [3.8, 4) is 10.6 Å². The molecule has 1 unspecified atom stereocenters. The molecule has 0 aliphatic carbocycles. The van der Waals surface area contributed by atoms with Crippen LogP contribution >= 0.6 is 22.7 Å². The number of nitrogens with zero attached hydrogens (tertiary/aromatic N) is 1. The molecule has 1 aromatic carbocycles. The maximum atomic E-state index is 12.8. The lowest BCUT2D eigenvalue weighted by Crippen LogP contribution is -2.20. The van der Waals surface area contributed by atoms with E-state index in [2.05, 4.69) is 21.7 Å². The number of nitrogens with one attached hydrogen (secondary N) is 1. The first kappa shape index (κ1) is 15.3. The van der Waals surface area contributed by atoms with Crippen molar-refractivity contribution in [2.75, 3.05) is 6.54 Å². The fourth-order valence-electron chi connectivity index (χ4n) is 2.04. The summed E-state index contributed by atoms with van der Waals surface area (Å²) in [6, 6.07) is 7.97. The Bertz CT molecular complexity index is 710. The van der Waals surface area contributed by atoms with Crippen molar-refractivity contribution in [3.63, 3.8) is 0 Å². The van der Waals surface area contributed by atoms with Gasteiger partial charge < -0.3 is 10.4 Å². The highest BCUT2D eigenvalue weighted by atomic mass is 32.1. The third-order valence-corrected chi connectivity index (χ3v) is 4.94. The zero-order valence-electron chi connectivity index (χ0n) is 11.7. The molecular formula is C16H15FN2OS2. The quantitative estimate of drug-likeness (QED) is 0.720. The van der Waals surface area contributed by atoms with Crippen molar-refractivity contribution in [1.82, 2.24) is 10.3 Å². The van der Waals surface area contributed by atoms with Gasteiger partial charge in [-0.15, -0.1) is 11.3 Å². The second-order valence-electron chi connectivity index (χ2n) is 4.84. The van der Waals surface area contributed by atoms with E-state index in [0.717, 1.165) is 15.4 Å². The van der Waals surface area contributed by atoms with Gasteiger partial charge >= 0.3 is 0 Å². The fourth-order valence-corrected chi connectivity index (χ4v) is 3.64. The fraction of sp³-hybridized carbons (Fsp3) is 0.188. The van der Waals surface area contributed by atoms with E-state index >= 15 is 0 Å². The minimum Gasteiger partial charge on any atom is -0.387 e. The second-order valence-corrected chi connectivity index (χ2v) is 6.74. The molecule has 0 aliphatic rings. The van der Waals surface area contributed by atoms with Crippen LogP contribution < -0.4 is 5.32 Å². The van der Waals surface area contributed by atoms with Gasteiger partial charge in [-0.05, 0) is 29.1 Å². The summed E-state index contributed by atoms with van der Waals surface area (Å²) in [5.74, 6) is -0.297. The summed E-state index contributed by atoms with van der Waals surface area (Å²) in [5, 5.41) is 18.4. The summed E-state index contributed by atoms with van der Waals surface area (Å²) in [4.78, 5) is 5.52. The van der Waals surface area contributed by atoms with Gasteiger partial charge in [0, 0.05) is 35.1 Å². The molecule has 3 rings (SSSR count). The number of rotatable bonds is 6. The van der Waals surface area contributed by atoms with Crippen molar-refractivity contribution in [2.24, 2.45) is 0 Å². The Hall–Kier alpha value is -1.60. The average molecular weight is 334 g/mol. The molecule has 0 fully saturated rings. The van der Waals surface area contributed by atoms with E-state index in [0.29, 0.717) is 18.7 Å². The van der Waals surface area contributed by atoms with Gasteiger partial charge in [-0.25, -0.2) is 9.37 Å². The van der Waals surface area contributed by atoms with Gasteiger partial charge in [0.25, 0.3) is 0 Å². The summed E-state index contributed by atoms with van der Waals surface area (Å²) in [7, 11) is 0. The number of hydrogen-bond acceptors (Lipinski definition) is 5. The van der Waals surface area contributed by atoms with E-state index in [-0.39, 0.29) is 5.82 Å². The predicted molar refractivity (Wildman–Crippen MR) is 88.5 cm³/mol. The van der Waals surface area contributed by atoms with Crippen molar-refractivity contribution in [1.29, 1.82) is 0 Å². The number of halogens is 1. The summed E-state index contributed by atoms with van der Waals surface area (Å²) in [6.07, 6.45) is 1.21. The van der Waals surface area contributed by atoms with Crippen LogP contribution in [0.3, 0.4) is 0 Å². The van der Waals surface area contributed by atoms with E-state index < -0.39 is 6.10 Å². The number of benzene rings is 1. The molecular weight excluding hydrogens is 319 g/mol. The summed E-state index contributed by atoms with van der Waals surface area (Å²) >= 11 is 3.30. The third kappa shape index (κ3) is 3.78. The van der Waals surface area contributed by atoms with Gasteiger partial charge in [-0.3, -0.25) is 0 Å². The topological polar surface area (TPSA) is 45.1 Å². The van der Waals surface area contributed by atoms with Crippen LogP contribution in [0, 0.1) is 5.82 Å². The Kier molecular flexibility index (Phi) is 4.94. The maximum Gasteiger partial charge on any atom is 0.124 e. The van der Waals surface area contributed by atoms with Crippen molar-refractivity contribution in [3.05, 3.63) is 63.5 Å². The minimum atomic E-state index is -0.648. The van der Waals surface area contributed by atoms with Crippen LogP contribution in [0.5, 0.6) is 0 Å². The van der Waals surface area contributed by atoms with Crippen LogP contribution in [0.25, 0.3) is 10.6 Å². The maximum absolute atomic E-state index is 12.8. The summed E-state index contributed by atoms with van der Waals surface area (Å²) < 4.78 is 12.8. The average Bonchev–Trinajstić information content (AvgIpc) is 3.19. The minimum absolute atomic E-state index is 0.297. The monoisotopic (exact) mass is 334 g/mol. The Morgan fingerprint density at radius 1 is 1.23 bits per heavy atom. The normalized spacial score (nSPS) is 12.5. The molecule has 22 heavy (non-hydrogen) atoms. The predicted octanol–water partition coefficient (Wildman–Crippen LogP) is 3.83. The Morgan fingerprint density at radius 2 is 2.05 bits per heavy atom. The molecule has 114 valence electrons. The molecule has 2 heterocycles. The Labute approximate surface area is 136 Å². The van der Waals surface area contributed by atoms with Crippen LogP contribution in [-0.4, -0.2) is 16.6 Å². The zero-order valence-corrected chi connectivity index (χ0v) is 13.3. The number of aromatic nitrogens is 1. The molecule has 0 saturated carbocycles. The Balaban J connectivity index is 1.52. The van der Waals surface area contributed by atoms with Crippen LogP contribution in [0.2, 0.25) is 0 Å². The number of aliphatic hydroxyl groups excluding tert-OH is 1. The molecule has 3 aromatic rings. The van der Waals surface area contributed by atoms with Gasteiger partial charge in [0.05, 0.1) is 6.10 Å². The van der Waals surface area contributed by atoms with E-state index in [9.17, 15) is 9.50 Å². The first-order chi connectivity index (χ1) is 10.7. The van der Waals surface area contributed by atoms with Gasteiger partial charge in [0.1, 0.15) is 10.8 Å². The number of aliphatic hydroxyl groups is 1. The number of hydrogen-bond donors (Lipinski definition) is 2. The summed E-state index contributed by atoms with van der Waals surface area (Å²) in [5.41, 5.74) is 1.85. The van der Waals surface area contributed by atoms with Crippen molar-refractivity contribution >= 4 is 22.7 Å². The molecule has 1 atom stereocenters. The van der Waals surface area contributed by atoms with Gasteiger partial charge in [0.2, 0.25) is 0 Å². The van der Waals surface area contributed by atoms with Gasteiger partial charge in [-0.2, -0.15) is 11.3 Å². The number of thiophene rings is 1. The third-order valence-electron chi connectivity index (χ3n) is 3.21. The SMILES string of the molecule is OC(CNCc1cnc(-c2ccsc2)s1)c1ccc(F)cc1. The van der Waals surface area contributed by atoms with E-state index in [1.165, 1.54) is 12.1 Å². The Morgan fingerprint density at radius 3 is 2.77 bits per heavy atom. The van der Waals surface area contributed by atoms with Crippen molar-refractivity contribution in [2.45, 2.75) is 12.6 Å². The van der Waals surface area contributed by atoms with Crippen LogP contribution in [-0.2, 0) is 6.54 Å². The highest BCUT2D eigenvalue weighted by Gasteiger charge is 2.08. The molecule has 0 aliphatic heterocycles. The van der Waals surface area contributed by atoms with Crippen molar-refractivity contribution < 1.29 is 9.50 Å². The zero-order chi connectivity index (χ0) is 15.4. The lowest BCUT2D eigenvalue weighted by molar-refractivity contribution is 0.174. The molecule has 2 aromatic heterocycles. The molecule has 0 spiro atoms. The molecule has 2 N–H and O–H groups in total. The van der Waals surface area contributed by atoms with E-state index in [4.69, 9.17) is 0 Å². The molecule has 0 saturated heterocycles. The standard InChI is InChI=1S/C16H15FN2OS2/c17-13-3-1-11(2-4-13)15(20)9-18-7-14-8-19-16(22-14)12-5-6-21-10-12/h1-6,8,10,15,18,20H,7,9H2. The lowest BCUT2D eigenvalue weighted by atomic mass is 10.1. The van der Waals surface area contributed by atoms with E-state index in [1.807, 2.05) is 11.6 Å².